The van der Waals surface area contributed by atoms with Gasteiger partial charge in [0.1, 0.15) is 12.4 Å². The molecule has 0 saturated carbocycles. The minimum Gasteiger partial charge on any atom is -0.492 e. The Morgan fingerprint density at radius 2 is 2.05 bits per heavy atom. The third kappa shape index (κ3) is 5.21. The summed E-state index contributed by atoms with van der Waals surface area (Å²) in [6.45, 7) is 6.93. The van der Waals surface area contributed by atoms with Crippen molar-refractivity contribution in [1.29, 1.82) is 0 Å². The highest BCUT2D eigenvalue weighted by atomic mass is 79.9. The fraction of sp³-hybridized carbons (Fsp3) is 0.533. The standard InChI is InChI=1S/C15H21BrN2O3/c1-2-20-15(19)18-8-6-17(7-9-18)10-11-21-14-5-3-4-13(16)12-14/h3-5,12H,2,6-11H2,1H3. The molecule has 0 aliphatic carbocycles. The lowest BCUT2D eigenvalue weighted by Gasteiger charge is -2.33. The SMILES string of the molecule is CCOC(=O)N1CCN(CCOc2cccc(Br)c2)CC1. The Morgan fingerprint density at radius 3 is 2.71 bits per heavy atom. The van der Waals surface area contributed by atoms with Gasteiger partial charge < -0.3 is 14.4 Å². The van der Waals surface area contributed by atoms with Crippen LogP contribution in [0, 0.1) is 0 Å². The molecule has 21 heavy (non-hydrogen) atoms. The summed E-state index contributed by atoms with van der Waals surface area (Å²) in [7, 11) is 0. The molecule has 0 spiro atoms. The maximum absolute atomic E-state index is 11.6. The lowest BCUT2D eigenvalue weighted by molar-refractivity contribution is 0.0757. The van der Waals surface area contributed by atoms with E-state index in [4.69, 9.17) is 9.47 Å². The van der Waals surface area contributed by atoms with Gasteiger partial charge in [-0.2, -0.15) is 0 Å². The van der Waals surface area contributed by atoms with Crippen LogP contribution in [0.4, 0.5) is 4.79 Å². The third-order valence-corrected chi connectivity index (χ3v) is 3.86. The van der Waals surface area contributed by atoms with Gasteiger partial charge in [0, 0.05) is 37.2 Å². The first kappa shape index (κ1) is 16.1. The molecule has 116 valence electrons. The molecule has 0 unspecified atom stereocenters. The maximum Gasteiger partial charge on any atom is 0.409 e. The third-order valence-electron chi connectivity index (χ3n) is 3.37. The monoisotopic (exact) mass is 356 g/mol. The van der Waals surface area contributed by atoms with Gasteiger partial charge in [-0.05, 0) is 25.1 Å². The fourth-order valence-corrected chi connectivity index (χ4v) is 2.60. The molecule has 1 aromatic carbocycles. The fourth-order valence-electron chi connectivity index (χ4n) is 2.22. The van der Waals surface area contributed by atoms with E-state index < -0.39 is 0 Å². The molecule has 6 heteroatoms. The van der Waals surface area contributed by atoms with Gasteiger partial charge in [-0.3, -0.25) is 4.90 Å². The van der Waals surface area contributed by atoms with E-state index in [0.717, 1.165) is 42.9 Å². The number of amides is 1. The molecule has 0 N–H and O–H groups in total. The van der Waals surface area contributed by atoms with E-state index in [9.17, 15) is 4.79 Å². The van der Waals surface area contributed by atoms with Gasteiger partial charge in [-0.25, -0.2) is 4.79 Å². The Bertz CT molecular complexity index is 462. The molecule has 1 amide bonds. The molecule has 0 atom stereocenters. The molecule has 1 fully saturated rings. The highest BCUT2D eigenvalue weighted by molar-refractivity contribution is 9.10. The second-order valence-corrected chi connectivity index (χ2v) is 5.75. The van der Waals surface area contributed by atoms with E-state index in [1.807, 2.05) is 31.2 Å². The summed E-state index contributed by atoms with van der Waals surface area (Å²) in [5.41, 5.74) is 0. The van der Waals surface area contributed by atoms with Gasteiger partial charge in [0.25, 0.3) is 0 Å². The molecule has 0 radical (unpaired) electrons. The van der Waals surface area contributed by atoms with Crippen LogP contribution in [0.2, 0.25) is 0 Å². The summed E-state index contributed by atoms with van der Waals surface area (Å²) in [5, 5.41) is 0. The second kappa shape index (κ2) is 8.24. The van der Waals surface area contributed by atoms with Gasteiger partial charge in [0.15, 0.2) is 0 Å². The molecule has 1 aliphatic rings. The highest BCUT2D eigenvalue weighted by Crippen LogP contribution is 2.17. The van der Waals surface area contributed by atoms with E-state index >= 15 is 0 Å². The Kier molecular flexibility index (Phi) is 6.32. The van der Waals surface area contributed by atoms with Crippen molar-refractivity contribution in [2.75, 3.05) is 45.9 Å². The van der Waals surface area contributed by atoms with E-state index in [1.54, 1.807) is 4.90 Å². The van der Waals surface area contributed by atoms with Crippen LogP contribution in [0.15, 0.2) is 28.7 Å². The average Bonchev–Trinajstić information content (AvgIpc) is 2.48. The smallest absolute Gasteiger partial charge is 0.409 e. The number of carbonyl (C=O) groups is 1. The van der Waals surface area contributed by atoms with Crippen LogP contribution in [-0.2, 0) is 4.74 Å². The van der Waals surface area contributed by atoms with Crippen molar-refractivity contribution in [3.05, 3.63) is 28.7 Å². The highest BCUT2D eigenvalue weighted by Gasteiger charge is 2.21. The Balaban J connectivity index is 1.66. The number of rotatable bonds is 5. The minimum absolute atomic E-state index is 0.206. The normalized spacial score (nSPS) is 15.8. The van der Waals surface area contributed by atoms with Crippen molar-refractivity contribution in [3.8, 4) is 5.75 Å². The first-order valence-electron chi connectivity index (χ1n) is 7.21. The number of halogens is 1. The largest absolute Gasteiger partial charge is 0.492 e. The molecule has 2 rings (SSSR count). The van der Waals surface area contributed by atoms with Crippen molar-refractivity contribution in [1.82, 2.24) is 9.80 Å². The molecule has 1 heterocycles. The molecule has 1 aromatic rings. The van der Waals surface area contributed by atoms with E-state index in [2.05, 4.69) is 20.8 Å². The Labute approximate surface area is 133 Å². The zero-order valence-corrected chi connectivity index (χ0v) is 13.8. The van der Waals surface area contributed by atoms with E-state index in [0.29, 0.717) is 13.2 Å². The zero-order chi connectivity index (χ0) is 15.1. The van der Waals surface area contributed by atoms with Crippen LogP contribution in [-0.4, -0.2) is 61.8 Å². The van der Waals surface area contributed by atoms with Gasteiger partial charge in [0.2, 0.25) is 0 Å². The number of benzene rings is 1. The summed E-state index contributed by atoms with van der Waals surface area (Å²) in [6, 6.07) is 7.83. The summed E-state index contributed by atoms with van der Waals surface area (Å²) in [4.78, 5) is 15.7. The quantitative estimate of drug-likeness (QED) is 0.813. The molecule has 5 nitrogen and oxygen atoms in total. The summed E-state index contributed by atoms with van der Waals surface area (Å²) in [6.07, 6.45) is -0.206. The predicted molar refractivity (Wildman–Crippen MR) is 84.7 cm³/mol. The van der Waals surface area contributed by atoms with Gasteiger partial charge in [0.05, 0.1) is 6.61 Å². The first-order valence-corrected chi connectivity index (χ1v) is 8.00. The Morgan fingerprint density at radius 1 is 1.29 bits per heavy atom. The van der Waals surface area contributed by atoms with Crippen molar-refractivity contribution < 1.29 is 14.3 Å². The second-order valence-electron chi connectivity index (χ2n) is 4.83. The number of hydrogen-bond acceptors (Lipinski definition) is 4. The number of nitrogens with zero attached hydrogens (tertiary/aromatic N) is 2. The van der Waals surface area contributed by atoms with Crippen LogP contribution in [0.1, 0.15) is 6.92 Å². The number of piperazine rings is 1. The maximum atomic E-state index is 11.6. The van der Waals surface area contributed by atoms with Crippen LogP contribution < -0.4 is 4.74 Å². The minimum atomic E-state index is -0.206. The van der Waals surface area contributed by atoms with Crippen LogP contribution >= 0.6 is 15.9 Å². The number of ether oxygens (including phenoxy) is 2. The molecule has 1 aliphatic heterocycles. The van der Waals surface area contributed by atoms with Crippen molar-refractivity contribution in [3.63, 3.8) is 0 Å². The lowest BCUT2D eigenvalue weighted by atomic mass is 10.3. The summed E-state index contributed by atoms with van der Waals surface area (Å²) < 4.78 is 11.7. The predicted octanol–water partition coefficient (Wildman–Crippen LogP) is 2.60. The average molecular weight is 357 g/mol. The Hall–Kier alpha value is -1.27. The van der Waals surface area contributed by atoms with Crippen molar-refractivity contribution >= 4 is 22.0 Å². The first-order chi connectivity index (χ1) is 10.2. The van der Waals surface area contributed by atoms with Crippen LogP contribution in [0.25, 0.3) is 0 Å². The number of carbonyl (C=O) groups excluding carboxylic acids is 1. The molecule has 0 aromatic heterocycles. The van der Waals surface area contributed by atoms with Crippen LogP contribution in [0.5, 0.6) is 5.75 Å². The van der Waals surface area contributed by atoms with E-state index in [-0.39, 0.29) is 6.09 Å². The van der Waals surface area contributed by atoms with Crippen molar-refractivity contribution in [2.45, 2.75) is 6.92 Å². The lowest BCUT2D eigenvalue weighted by Crippen LogP contribution is -2.49. The van der Waals surface area contributed by atoms with E-state index in [1.165, 1.54) is 0 Å². The number of hydrogen-bond donors (Lipinski definition) is 0. The van der Waals surface area contributed by atoms with Gasteiger partial charge in [-0.1, -0.05) is 22.0 Å². The van der Waals surface area contributed by atoms with Gasteiger partial charge >= 0.3 is 6.09 Å². The topological polar surface area (TPSA) is 42.0 Å². The van der Waals surface area contributed by atoms with Crippen LogP contribution in [0.3, 0.4) is 0 Å². The molecule has 1 saturated heterocycles. The molecule has 0 bridgehead atoms. The zero-order valence-electron chi connectivity index (χ0n) is 12.3. The molecular weight excluding hydrogens is 336 g/mol. The molecular formula is C15H21BrN2O3. The van der Waals surface area contributed by atoms with Gasteiger partial charge in [-0.15, -0.1) is 0 Å². The summed E-state index contributed by atoms with van der Waals surface area (Å²) in [5.74, 6) is 0.870. The van der Waals surface area contributed by atoms with Crippen molar-refractivity contribution in [2.24, 2.45) is 0 Å². The summed E-state index contributed by atoms with van der Waals surface area (Å²) >= 11 is 3.42.